The molecule has 2 aromatic carbocycles. The van der Waals surface area contributed by atoms with Crippen LogP contribution in [-0.4, -0.2) is 31.7 Å². The van der Waals surface area contributed by atoms with Crippen LogP contribution in [0.3, 0.4) is 0 Å². The lowest BCUT2D eigenvalue weighted by Gasteiger charge is -2.25. The standard InChI is InChI=1S/C17H20N2O2/c1-12(19-17(20)16-11-18-9-10-21-16)14-8-4-6-13-5-2-3-7-15(13)14/h2-8,12,16,18H,9-11H2,1H3,(H,19,20)/t12-,16-/m0/s1. The van der Waals surface area contributed by atoms with Gasteiger partial charge >= 0.3 is 0 Å². The second kappa shape index (κ2) is 6.24. The Morgan fingerprint density at radius 2 is 2.10 bits per heavy atom. The van der Waals surface area contributed by atoms with E-state index in [1.165, 1.54) is 10.8 Å². The summed E-state index contributed by atoms with van der Waals surface area (Å²) in [5.74, 6) is -0.0531. The summed E-state index contributed by atoms with van der Waals surface area (Å²) < 4.78 is 5.49. The molecule has 1 aliphatic heterocycles. The number of ether oxygens (including phenoxy) is 1. The topological polar surface area (TPSA) is 50.4 Å². The van der Waals surface area contributed by atoms with Crippen molar-refractivity contribution in [2.45, 2.75) is 19.1 Å². The van der Waals surface area contributed by atoms with Crippen molar-refractivity contribution in [2.24, 2.45) is 0 Å². The molecule has 4 nitrogen and oxygen atoms in total. The number of rotatable bonds is 3. The quantitative estimate of drug-likeness (QED) is 0.906. The highest BCUT2D eigenvalue weighted by atomic mass is 16.5. The van der Waals surface area contributed by atoms with Gasteiger partial charge in [-0.05, 0) is 23.3 Å². The number of morpholine rings is 1. The van der Waals surface area contributed by atoms with E-state index < -0.39 is 6.10 Å². The van der Waals surface area contributed by atoms with Crippen molar-refractivity contribution in [1.29, 1.82) is 0 Å². The van der Waals surface area contributed by atoms with Crippen LogP contribution in [0, 0.1) is 0 Å². The molecule has 0 aliphatic carbocycles. The average Bonchev–Trinajstić information content (AvgIpc) is 2.55. The maximum absolute atomic E-state index is 12.2. The first-order valence-electron chi connectivity index (χ1n) is 7.36. The first-order chi connectivity index (χ1) is 10.3. The summed E-state index contributed by atoms with van der Waals surface area (Å²) in [6.07, 6.45) is -0.392. The normalized spacial score (nSPS) is 20.1. The van der Waals surface area contributed by atoms with Crippen LogP contribution in [0.5, 0.6) is 0 Å². The van der Waals surface area contributed by atoms with Crippen molar-refractivity contribution in [3.8, 4) is 0 Å². The van der Waals surface area contributed by atoms with Gasteiger partial charge in [0.05, 0.1) is 12.6 Å². The Hall–Kier alpha value is -1.91. The van der Waals surface area contributed by atoms with Crippen LogP contribution in [0.1, 0.15) is 18.5 Å². The van der Waals surface area contributed by atoms with Gasteiger partial charge in [-0.2, -0.15) is 0 Å². The second-order valence-corrected chi connectivity index (χ2v) is 5.36. The van der Waals surface area contributed by atoms with Gasteiger partial charge in [0.2, 0.25) is 0 Å². The van der Waals surface area contributed by atoms with Gasteiger partial charge in [-0.15, -0.1) is 0 Å². The Morgan fingerprint density at radius 1 is 1.29 bits per heavy atom. The van der Waals surface area contributed by atoms with Gasteiger partial charge in [-0.1, -0.05) is 42.5 Å². The predicted octanol–water partition coefficient (Wildman–Crippen LogP) is 2.01. The Balaban J connectivity index is 1.77. The van der Waals surface area contributed by atoms with Crippen LogP contribution in [0.2, 0.25) is 0 Å². The fraction of sp³-hybridized carbons (Fsp3) is 0.353. The number of fused-ring (bicyclic) bond motifs is 1. The highest BCUT2D eigenvalue weighted by molar-refractivity contribution is 5.87. The molecule has 0 unspecified atom stereocenters. The Morgan fingerprint density at radius 3 is 2.90 bits per heavy atom. The van der Waals surface area contributed by atoms with Gasteiger partial charge in [0.25, 0.3) is 5.91 Å². The third kappa shape index (κ3) is 3.06. The largest absolute Gasteiger partial charge is 0.366 e. The van der Waals surface area contributed by atoms with E-state index in [-0.39, 0.29) is 11.9 Å². The van der Waals surface area contributed by atoms with Crippen molar-refractivity contribution in [2.75, 3.05) is 19.7 Å². The monoisotopic (exact) mass is 284 g/mol. The van der Waals surface area contributed by atoms with Gasteiger partial charge in [0.15, 0.2) is 0 Å². The summed E-state index contributed by atoms with van der Waals surface area (Å²) in [5, 5.41) is 8.59. The summed E-state index contributed by atoms with van der Waals surface area (Å²) in [4.78, 5) is 12.2. The smallest absolute Gasteiger partial charge is 0.250 e. The number of carbonyl (C=O) groups is 1. The number of carbonyl (C=O) groups excluding carboxylic acids is 1. The van der Waals surface area contributed by atoms with Crippen molar-refractivity contribution in [3.63, 3.8) is 0 Å². The molecule has 2 N–H and O–H groups in total. The molecule has 1 saturated heterocycles. The minimum Gasteiger partial charge on any atom is -0.366 e. The second-order valence-electron chi connectivity index (χ2n) is 5.36. The lowest BCUT2D eigenvalue weighted by Crippen LogP contribution is -2.48. The van der Waals surface area contributed by atoms with Gasteiger partial charge in [0, 0.05) is 13.1 Å². The zero-order valence-electron chi connectivity index (χ0n) is 12.1. The van der Waals surface area contributed by atoms with Gasteiger partial charge in [-0.25, -0.2) is 0 Å². The number of benzene rings is 2. The highest BCUT2D eigenvalue weighted by Gasteiger charge is 2.23. The highest BCUT2D eigenvalue weighted by Crippen LogP contribution is 2.24. The zero-order chi connectivity index (χ0) is 14.7. The molecule has 110 valence electrons. The molecule has 0 radical (unpaired) electrons. The molecule has 1 heterocycles. The van der Waals surface area contributed by atoms with Crippen LogP contribution in [-0.2, 0) is 9.53 Å². The molecule has 4 heteroatoms. The minimum absolute atomic E-state index is 0.0471. The lowest BCUT2D eigenvalue weighted by molar-refractivity contribution is -0.134. The molecule has 1 fully saturated rings. The maximum Gasteiger partial charge on any atom is 0.250 e. The molecule has 2 atom stereocenters. The summed E-state index contributed by atoms with van der Waals surface area (Å²) >= 11 is 0. The molecule has 0 saturated carbocycles. The third-order valence-corrected chi connectivity index (χ3v) is 3.87. The maximum atomic E-state index is 12.2. The molecular formula is C17H20N2O2. The average molecular weight is 284 g/mol. The van der Waals surface area contributed by atoms with Crippen LogP contribution in [0.4, 0.5) is 0 Å². The first kappa shape index (κ1) is 14.0. The number of hydrogen-bond donors (Lipinski definition) is 2. The molecule has 0 spiro atoms. The zero-order valence-corrected chi connectivity index (χ0v) is 12.1. The summed E-state index contributed by atoms with van der Waals surface area (Å²) in [6.45, 7) is 3.98. The third-order valence-electron chi connectivity index (χ3n) is 3.87. The molecular weight excluding hydrogens is 264 g/mol. The van der Waals surface area contributed by atoms with E-state index >= 15 is 0 Å². The first-order valence-corrected chi connectivity index (χ1v) is 7.36. The molecule has 21 heavy (non-hydrogen) atoms. The Kier molecular flexibility index (Phi) is 4.18. The molecule has 1 aliphatic rings. The number of hydrogen-bond acceptors (Lipinski definition) is 3. The molecule has 3 rings (SSSR count). The molecule has 0 bridgehead atoms. The summed E-state index contributed by atoms with van der Waals surface area (Å²) in [6, 6.07) is 14.3. The molecule has 1 amide bonds. The number of amides is 1. The lowest BCUT2D eigenvalue weighted by atomic mass is 9.99. The van der Waals surface area contributed by atoms with Crippen molar-refractivity contribution >= 4 is 16.7 Å². The van der Waals surface area contributed by atoms with Crippen molar-refractivity contribution in [1.82, 2.24) is 10.6 Å². The van der Waals surface area contributed by atoms with Crippen LogP contribution in [0.15, 0.2) is 42.5 Å². The molecule has 2 aromatic rings. The Labute approximate surface area is 124 Å². The molecule has 0 aromatic heterocycles. The number of nitrogens with one attached hydrogen (secondary N) is 2. The van der Waals surface area contributed by atoms with E-state index in [0.29, 0.717) is 13.2 Å². The van der Waals surface area contributed by atoms with Crippen LogP contribution >= 0.6 is 0 Å². The Bertz CT molecular complexity index is 630. The van der Waals surface area contributed by atoms with Crippen LogP contribution < -0.4 is 10.6 Å². The van der Waals surface area contributed by atoms with Gasteiger partial charge in [-0.3, -0.25) is 4.79 Å². The van der Waals surface area contributed by atoms with E-state index in [1.54, 1.807) is 0 Å². The van der Waals surface area contributed by atoms with Gasteiger partial charge in [0.1, 0.15) is 6.10 Å². The van der Waals surface area contributed by atoms with E-state index in [4.69, 9.17) is 4.74 Å². The van der Waals surface area contributed by atoms with E-state index in [0.717, 1.165) is 12.1 Å². The van der Waals surface area contributed by atoms with Gasteiger partial charge < -0.3 is 15.4 Å². The predicted molar refractivity (Wildman–Crippen MR) is 83.1 cm³/mol. The fourth-order valence-electron chi connectivity index (χ4n) is 2.75. The SMILES string of the molecule is C[C@H](NC(=O)[C@@H]1CNCCO1)c1cccc2ccccc12. The van der Waals surface area contributed by atoms with E-state index in [1.807, 2.05) is 25.1 Å². The van der Waals surface area contributed by atoms with E-state index in [9.17, 15) is 4.79 Å². The van der Waals surface area contributed by atoms with Crippen molar-refractivity contribution < 1.29 is 9.53 Å². The summed E-state index contributed by atoms with van der Waals surface area (Å²) in [7, 11) is 0. The summed E-state index contributed by atoms with van der Waals surface area (Å²) in [5.41, 5.74) is 1.13. The fourth-order valence-corrected chi connectivity index (χ4v) is 2.75. The minimum atomic E-state index is -0.392. The van der Waals surface area contributed by atoms with Crippen molar-refractivity contribution in [3.05, 3.63) is 48.0 Å². The van der Waals surface area contributed by atoms with E-state index in [2.05, 4.69) is 34.9 Å². The van der Waals surface area contributed by atoms with Crippen LogP contribution in [0.25, 0.3) is 10.8 Å².